The van der Waals surface area contributed by atoms with Crippen LogP contribution < -0.4 is 16.5 Å². The molecular formula is C21H33N3O4S. The Kier molecular flexibility index (Phi) is 7.54. The lowest BCUT2D eigenvalue weighted by Gasteiger charge is -2.26. The molecule has 29 heavy (non-hydrogen) atoms. The van der Waals surface area contributed by atoms with E-state index in [1.807, 2.05) is 0 Å². The molecule has 4 N–H and O–H groups in total. The van der Waals surface area contributed by atoms with Gasteiger partial charge in [-0.2, -0.15) is 0 Å². The molecule has 2 unspecified atom stereocenters. The number of rotatable bonds is 9. The van der Waals surface area contributed by atoms with E-state index >= 15 is 0 Å². The molecule has 1 saturated carbocycles. The number of sulfone groups is 1. The maximum Gasteiger partial charge on any atom is 0.274 e. The normalized spacial score (nSPS) is 21.3. The highest BCUT2D eigenvalue weighted by atomic mass is 32.2. The summed E-state index contributed by atoms with van der Waals surface area (Å²) in [5.41, 5.74) is 8.65. The molecule has 2 atom stereocenters. The third-order valence-electron chi connectivity index (χ3n) is 6.23. The molecule has 162 valence electrons. The SMILES string of the molecule is CCS(=O)(=O)c1cc(C(=O)NOCC(CC2CCCC2)C2CCCN2)ccc1N. The molecule has 2 aliphatic rings. The highest BCUT2D eigenvalue weighted by molar-refractivity contribution is 7.91. The van der Waals surface area contributed by atoms with E-state index in [2.05, 4.69) is 10.8 Å². The molecule has 1 aromatic carbocycles. The third kappa shape index (κ3) is 5.71. The van der Waals surface area contributed by atoms with E-state index < -0.39 is 15.7 Å². The fourth-order valence-corrected chi connectivity index (χ4v) is 5.55. The van der Waals surface area contributed by atoms with Crippen molar-refractivity contribution in [3.63, 3.8) is 0 Å². The van der Waals surface area contributed by atoms with Crippen LogP contribution in [-0.4, -0.2) is 39.3 Å². The Balaban J connectivity index is 1.59. The number of hydrogen-bond donors (Lipinski definition) is 3. The first-order chi connectivity index (χ1) is 13.9. The van der Waals surface area contributed by atoms with E-state index in [1.165, 1.54) is 50.3 Å². The molecule has 0 radical (unpaired) electrons. The summed E-state index contributed by atoms with van der Waals surface area (Å²) in [6.45, 7) is 3.04. The van der Waals surface area contributed by atoms with Crippen molar-refractivity contribution in [2.45, 2.75) is 62.8 Å². The Morgan fingerprint density at radius 2 is 2.03 bits per heavy atom. The molecule has 1 heterocycles. The van der Waals surface area contributed by atoms with E-state index in [0.29, 0.717) is 18.6 Å². The number of nitrogen functional groups attached to an aromatic ring is 1. The van der Waals surface area contributed by atoms with Crippen LogP contribution in [0.2, 0.25) is 0 Å². The standard InChI is InChI=1S/C21H33N3O4S/c1-2-29(26,27)20-13-16(9-10-18(20)22)21(25)24-28-14-17(19-8-5-11-23-19)12-15-6-3-4-7-15/h9-10,13,15,17,19,23H,2-8,11-12,14,22H2,1H3,(H,24,25). The number of carbonyl (C=O) groups excluding carboxylic acids is 1. The Morgan fingerprint density at radius 1 is 1.28 bits per heavy atom. The van der Waals surface area contributed by atoms with E-state index in [1.54, 1.807) is 6.92 Å². The summed E-state index contributed by atoms with van der Waals surface area (Å²) < 4.78 is 24.3. The van der Waals surface area contributed by atoms with Crippen molar-refractivity contribution in [1.29, 1.82) is 0 Å². The third-order valence-corrected chi connectivity index (χ3v) is 8.02. The van der Waals surface area contributed by atoms with E-state index in [9.17, 15) is 13.2 Å². The maximum atomic E-state index is 12.5. The fourth-order valence-electron chi connectivity index (χ4n) is 4.51. The molecule has 0 aromatic heterocycles. The van der Waals surface area contributed by atoms with Gasteiger partial charge < -0.3 is 11.1 Å². The average molecular weight is 424 g/mol. The first kappa shape index (κ1) is 22.1. The predicted octanol–water partition coefficient (Wildman–Crippen LogP) is 2.67. The topological polar surface area (TPSA) is 111 Å². The lowest BCUT2D eigenvalue weighted by Crippen LogP contribution is -2.37. The van der Waals surface area contributed by atoms with Crippen LogP contribution in [0.3, 0.4) is 0 Å². The van der Waals surface area contributed by atoms with Gasteiger partial charge in [-0.15, -0.1) is 0 Å². The van der Waals surface area contributed by atoms with E-state index in [-0.39, 0.29) is 21.9 Å². The second kappa shape index (κ2) is 9.91. The van der Waals surface area contributed by atoms with Gasteiger partial charge in [0.1, 0.15) is 0 Å². The van der Waals surface area contributed by atoms with Crippen LogP contribution in [0, 0.1) is 11.8 Å². The summed E-state index contributed by atoms with van der Waals surface area (Å²) in [4.78, 5) is 18.1. The summed E-state index contributed by atoms with van der Waals surface area (Å²) in [6, 6.07) is 4.71. The molecule has 8 heteroatoms. The number of benzene rings is 1. The van der Waals surface area contributed by atoms with Crippen LogP contribution in [-0.2, 0) is 14.7 Å². The fraction of sp³-hybridized carbons (Fsp3) is 0.667. The number of anilines is 1. The minimum atomic E-state index is -3.50. The summed E-state index contributed by atoms with van der Waals surface area (Å²) in [6.07, 6.45) is 8.64. The number of nitrogens with one attached hydrogen (secondary N) is 2. The van der Waals surface area contributed by atoms with Gasteiger partial charge in [0.05, 0.1) is 22.9 Å². The Bertz CT molecular complexity index is 800. The van der Waals surface area contributed by atoms with Crippen molar-refractivity contribution in [3.05, 3.63) is 23.8 Å². The van der Waals surface area contributed by atoms with Crippen molar-refractivity contribution >= 4 is 21.4 Å². The number of carbonyl (C=O) groups is 1. The second-order valence-electron chi connectivity index (χ2n) is 8.25. The van der Waals surface area contributed by atoms with Gasteiger partial charge in [0.25, 0.3) is 5.91 Å². The molecule has 0 bridgehead atoms. The van der Waals surface area contributed by atoms with Crippen molar-refractivity contribution in [2.24, 2.45) is 11.8 Å². The predicted molar refractivity (Wildman–Crippen MR) is 113 cm³/mol. The zero-order chi connectivity index (χ0) is 20.9. The Labute approximate surface area is 173 Å². The van der Waals surface area contributed by atoms with Crippen LogP contribution in [0.15, 0.2) is 23.1 Å². The van der Waals surface area contributed by atoms with Crippen LogP contribution in [0.25, 0.3) is 0 Å². The second-order valence-corrected chi connectivity index (χ2v) is 10.5. The van der Waals surface area contributed by atoms with Gasteiger partial charge in [-0.1, -0.05) is 32.6 Å². The summed E-state index contributed by atoms with van der Waals surface area (Å²) in [5, 5.41) is 3.56. The largest absolute Gasteiger partial charge is 0.398 e. The van der Waals surface area contributed by atoms with Gasteiger partial charge in [-0.25, -0.2) is 13.9 Å². The van der Waals surface area contributed by atoms with Gasteiger partial charge in [0.15, 0.2) is 9.84 Å². The highest BCUT2D eigenvalue weighted by Crippen LogP contribution is 2.33. The molecule has 7 nitrogen and oxygen atoms in total. The summed E-state index contributed by atoms with van der Waals surface area (Å²) in [5.74, 6) is 0.580. The zero-order valence-corrected chi connectivity index (χ0v) is 18.0. The molecule has 2 fully saturated rings. The first-order valence-electron chi connectivity index (χ1n) is 10.7. The number of amides is 1. The summed E-state index contributed by atoms with van der Waals surface area (Å²) >= 11 is 0. The lowest BCUT2D eigenvalue weighted by atomic mass is 9.88. The van der Waals surface area contributed by atoms with Gasteiger partial charge in [-0.3, -0.25) is 9.63 Å². The zero-order valence-electron chi connectivity index (χ0n) is 17.2. The monoisotopic (exact) mass is 423 g/mol. The van der Waals surface area contributed by atoms with Crippen LogP contribution in [0.4, 0.5) is 5.69 Å². The molecule has 0 spiro atoms. The van der Waals surface area contributed by atoms with Crippen LogP contribution in [0.5, 0.6) is 0 Å². The van der Waals surface area contributed by atoms with Gasteiger partial charge in [0, 0.05) is 17.5 Å². The Hall–Kier alpha value is -1.64. The maximum absolute atomic E-state index is 12.5. The number of nitrogens with two attached hydrogens (primary N) is 1. The van der Waals surface area contributed by atoms with Crippen molar-refractivity contribution in [2.75, 3.05) is 24.6 Å². The van der Waals surface area contributed by atoms with Gasteiger partial charge >= 0.3 is 0 Å². The van der Waals surface area contributed by atoms with Crippen LogP contribution >= 0.6 is 0 Å². The average Bonchev–Trinajstić information content (AvgIpc) is 3.41. The first-order valence-corrected chi connectivity index (χ1v) is 12.3. The minimum absolute atomic E-state index is 0.0121. The van der Waals surface area contributed by atoms with Crippen LogP contribution in [0.1, 0.15) is 62.2 Å². The van der Waals surface area contributed by atoms with E-state index in [0.717, 1.165) is 25.3 Å². The van der Waals surface area contributed by atoms with E-state index in [4.69, 9.17) is 10.6 Å². The molecule has 1 aliphatic carbocycles. The minimum Gasteiger partial charge on any atom is -0.398 e. The van der Waals surface area contributed by atoms with Crippen molar-refractivity contribution < 1.29 is 18.0 Å². The molecule has 1 amide bonds. The molecule has 1 aromatic rings. The highest BCUT2D eigenvalue weighted by Gasteiger charge is 2.29. The number of hydroxylamine groups is 1. The molecule has 1 aliphatic heterocycles. The Morgan fingerprint density at radius 3 is 2.69 bits per heavy atom. The van der Waals surface area contributed by atoms with Gasteiger partial charge in [0.2, 0.25) is 0 Å². The smallest absolute Gasteiger partial charge is 0.274 e. The van der Waals surface area contributed by atoms with Crippen molar-refractivity contribution in [3.8, 4) is 0 Å². The number of hydrogen-bond acceptors (Lipinski definition) is 6. The molecular weight excluding hydrogens is 390 g/mol. The summed E-state index contributed by atoms with van der Waals surface area (Å²) in [7, 11) is -3.50. The van der Waals surface area contributed by atoms with Gasteiger partial charge in [-0.05, 0) is 49.9 Å². The van der Waals surface area contributed by atoms with Crippen molar-refractivity contribution in [1.82, 2.24) is 10.8 Å². The molecule has 1 saturated heterocycles. The lowest BCUT2D eigenvalue weighted by molar-refractivity contribution is 0.00699. The molecule has 3 rings (SSSR count). The quantitative estimate of drug-likeness (QED) is 0.416.